The Bertz CT molecular complexity index is 635. The fraction of sp³-hybridized carbons (Fsp3) is 0.636. The third-order valence-corrected chi connectivity index (χ3v) is 12.1. The molecule has 0 aromatic heterocycles. The van der Waals surface area contributed by atoms with Crippen molar-refractivity contribution in [3.05, 3.63) is 45.6 Å². The standard InChI is InChI=1S/C22H36O2Si/c1-11-23-25(24-12-2,21(9)13-15(3)17(5)19(21)7)22(10)14-16(4)18(6)20(22)8/h13-14H,11-12H2,1-10H3. The van der Waals surface area contributed by atoms with Gasteiger partial charge in [0.25, 0.3) is 0 Å². The van der Waals surface area contributed by atoms with Gasteiger partial charge in [-0.05, 0) is 66.5 Å². The average molecular weight is 361 g/mol. The lowest BCUT2D eigenvalue weighted by Crippen LogP contribution is -2.60. The third kappa shape index (κ3) is 2.58. The molecule has 0 aromatic carbocycles. The van der Waals surface area contributed by atoms with E-state index in [4.69, 9.17) is 8.85 Å². The monoisotopic (exact) mass is 360 g/mol. The molecule has 0 radical (unpaired) electrons. The van der Waals surface area contributed by atoms with Crippen LogP contribution < -0.4 is 0 Å². The van der Waals surface area contributed by atoms with E-state index in [0.717, 1.165) is 0 Å². The molecule has 2 unspecified atom stereocenters. The zero-order valence-corrected chi connectivity index (χ0v) is 18.9. The van der Waals surface area contributed by atoms with Crippen LogP contribution in [0, 0.1) is 0 Å². The van der Waals surface area contributed by atoms with Crippen molar-refractivity contribution in [2.45, 2.75) is 79.3 Å². The van der Waals surface area contributed by atoms with Crippen LogP contribution in [0.4, 0.5) is 0 Å². The average Bonchev–Trinajstić information content (AvgIpc) is 2.88. The fourth-order valence-electron chi connectivity index (χ4n) is 4.94. The van der Waals surface area contributed by atoms with E-state index in [1.165, 1.54) is 33.4 Å². The molecule has 140 valence electrons. The van der Waals surface area contributed by atoms with Crippen molar-refractivity contribution >= 4 is 8.56 Å². The minimum atomic E-state index is -2.74. The lowest BCUT2D eigenvalue weighted by molar-refractivity contribution is 0.153. The summed E-state index contributed by atoms with van der Waals surface area (Å²) in [5, 5.41) is -0.352. The highest BCUT2D eigenvalue weighted by Crippen LogP contribution is 2.66. The molecular formula is C22H36O2Si. The van der Waals surface area contributed by atoms with Gasteiger partial charge in [0.15, 0.2) is 0 Å². The predicted octanol–water partition coefficient (Wildman–Crippen LogP) is 6.61. The zero-order valence-electron chi connectivity index (χ0n) is 17.9. The van der Waals surface area contributed by atoms with Crippen LogP contribution in [0.1, 0.15) is 69.2 Å². The first-order valence-electron chi connectivity index (χ1n) is 9.55. The molecule has 2 rings (SSSR count). The molecule has 0 N–H and O–H groups in total. The molecule has 0 fully saturated rings. The van der Waals surface area contributed by atoms with Crippen LogP contribution in [0.15, 0.2) is 45.6 Å². The zero-order chi connectivity index (χ0) is 19.2. The highest BCUT2D eigenvalue weighted by molar-refractivity contribution is 6.76. The van der Waals surface area contributed by atoms with Crippen LogP contribution in [0.2, 0.25) is 10.1 Å². The molecule has 2 nitrogen and oxygen atoms in total. The molecule has 2 atom stereocenters. The Labute approximate surface area is 155 Å². The van der Waals surface area contributed by atoms with E-state index in [2.05, 4.69) is 81.4 Å². The van der Waals surface area contributed by atoms with Gasteiger partial charge in [0.1, 0.15) is 0 Å². The van der Waals surface area contributed by atoms with E-state index in [-0.39, 0.29) is 10.1 Å². The van der Waals surface area contributed by atoms with E-state index in [0.29, 0.717) is 13.2 Å². The summed E-state index contributed by atoms with van der Waals surface area (Å²) >= 11 is 0. The summed E-state index contributed by atoms with van der Waals surface area (Å²) in [5.74, 6) is 0. The molecule has 25 heavy (non-hydrogen) atoms. The second kappa shape index (κ2) is 6.68. The van der Waals surface area contributed by atoms with Crippen LogP contribution in [-0.4, -0.2) is 21.8 Å². The van der Waals surface area contributed by atoms with Crippen molar-refractivity contribution in [2.24, 2.45) is 0 Å². The number of hydrogen-bond acceptors (Lipinski definition) is 2. The van der Waals surface area contributed by atoms with Gasteiger partial charge in [0, 0.05) is 13.2 Å². The SMILES string of the molecule is CCO[Si](OCC)(C1(C)C=C(C)C(C)=C1C)C1(C)C=C(C)C(C)=C1C. The van der Waals surface area contributed by atoms with Gasteiger partial charge in [-0.25, -0.2) is 0 Å². The summed E-state index contributed by atoms with van der Waals surface area (Å²) in [6.45, 7) is 23.7. The first-order chi connectivity index (χ1) is 11.5. The van der Waals surface area contributed by atoms with Crippen molar-refractivity contribution in [1.82, 2.24) is 0 Å². The second-order valence-electron chi connectivity index (χ2n) is 8.04. The fourth-order valence-corrected chi connectivity index (χ4v) is 10.3. The highest BCUT2D eigenvalue weighted by atomic mass is 28.4. The minimum Gasteiger partial charge on any atom is -0.393 e. The first-order valence-corrected chi connectivity index (χ1v) is 11.4. The Kier molecular flexibility index (Phi) is 5.45. The van der Waals surface area contributed by atoms with Gasteiger partial charge in [0.05, 0.1) is 10.1 Å². The van der Waals surface area contributed by atoms with Gasteiger partial charge in [-0.3, -0.25) is 0 Å². The van der Waals surface area contributed by atoms with Crippen molar-refractivity contribution in [2.75, 3.05) is 13.2 Å². The number of rotatable bonds is 6. The van der Waals surface area contributed by atoms with Crippen molar-refractivity contribution in [3.8, 4) is 0 Å². The smallest absolute Gasteiger partial charge is 0.366 e. The molecule has 0 amide bonds. The maximum atomic E-state index is 6.74. The van der Waals surface area contributed by atoms with Crippen LogP contribution >= 0.6 is 0 Å². The number of allylic oxidation sites excluding steroid dienone is 8. The minimum absolute atomic E-state index is 0.176. The summed E-state index contributed by atoms with van der Waals surface area (Å²) < 4.78 is 13.5. The normalized spacial score (nSPS) is 30.3. The molecular weight excluding hydrogens is 324 g/mol. The first kappa shape index (κ1) is 20.4. The Morgan fingerprint density at radius 2 is 1.04 bits per heavy atom. The lowest BCUT2D eigenvalue weighted by atomic mass is 10.0. The van der Waals surface area contributed by atoms with Gasteiger partial charge in [-0.2, -0.15) is 0 Å². The molecule has 0 saturated carbocycles. The van der Waals surface area contributed by atoms with E-state index < -0.39 is 8.56 Å². The quantitative estimate of drug-likeness (QED) is 0.496. The summed E-state index contributed by atoms with van der Waals surface area (Å²) in [6.07, 6.45) is 4.84. The molecule has 0 spiro atoms. The van der Waals surface area contributed by atoms with Crippen LogP contribution in [-0.2, 0) is 8.85 Å². The lowest BCUT2D eigenvalue weighted by Gasteiger charge is -2.51. The topological polar surface area (TPSA) is 18.5 Å². The van der Waals surface area contributed by atoms with Gasteiger partial charge in [0.2, 0.25) is 0 Å². The number of hydrogen-bond donors (Lipinski definition) is 0. The molecule has 0 heterocycles. The van der Waals surface area contributed by atoms with E-state index in [1.807, 2.05) is 0 Å². The largest absolute Gasteiger partial charge is 0.393 e. The van der Waals surface area contributed by atoms with Crippen molar-refractivity contribution in [1.29, 1.82) is 0 Å². The Hall–Kier alpha value is -0.903. The van der Waals surface area contributed by atoms with Crippen LogP contribution in [0.25, 0.3) is 0 Å². The maximum absolute atomic E-state index is 6.74. The predicted molar refractivity (Wildman–Crippen MR) is 110 cm³/mol. The van der Waals surface area contributed by atoms with Crippen molar-refractivity contribution < 1.29 is 8.85 Å². The molecule has 0 aliphatic heterocycles. The maximum Gasteiger partial charge on any atom is 0.366 e. The Morgan fingerprint density at radius 1 is 0.720 bits per heavy atom. The van der Waals surface area contributed by atoms with Gasteiger partial charge in [-0.15, -0.1) is 0 Å². The summed E-state index contributed by atoms with van der Waals surface area (Å²) in [6, 6.07) is 0. The highest BCUT2D eigenvalue weighted by Gasteiger charge is 2.67. The molecule has 0 bridgehead atoms. The van der Waals surface area contributed by atoms with Crippen molar-refractivity contribution in [3.63, 3.8) is 0 Å². The molecule has 2 aliphatic rings. The second-order valence-corrected chi connectivity index (χ2v) is 11.9. The molecule has 2 aliphatic carbocycles. The summed E-state index contributed by atoms with van der Waals surface area (Å²) in [5.41, 5.74) is 8.30. The molecule has 3 heteroatoms. The van der Waals surface area contributed by atoms with E-state index in [1.54, 1.807) is 0 Å². The van der Waals surface area contributed by atoms with Gasteiger partial charge < -0.3 is 8.85 Å². The third-order valence-electron chi connectivity index (χ3n) is 6.94. The Morgan fingerprint density at radius 3 is 1.24 bits per heavy atom. The summed E-state index contributed by atoms with van der Waals surface area (Å²) in [4.78, 5) is 0. The van der Waals surface area contributed by atoms with E-state index >= 15 is 0 Å². The van der Waals surface area contributed by atoms with Gasteiger partial charge >= 0.3 is 8.56 Å². The van der Waals surface area contributed by atoms with Gasteiger partial charge in [-0.1, -0.05) is 48.3 Å². The van der Waals surface area contributed by atoms with Crippen LogP contribution in [0.3, 0.4) is 0 Å². The molecule has 0 saturated heterocycles. The Balaban J connectivity index is 2.83. The van der Waals surface area contributed by atoms with E-state index in [9.17, 15) is 0 Å². The van der Waals surface area contributed by atoms with Crippen LogP contribution in [0.5, 0.6) is 0 Å². The molecule has 0 aromatic rings. The summed E-state index contributed by atoms with van der Waals surface area (Å²) in [7, 11) is -2.74.